The van der Waals surface area contributed by atoms with Crippen molar-refractivity contribution in [2.45, 2.75) is 31.9 Å². The summed E-state index contributed by atoms with van der Waals surface area (Å²) in [5.74, 6) is 2.70. The standard InChI is InChI=1S/C29H29NO2/c1-20(2)18-31-24-15-16-28-27(17-24)25-9-6-10-26(25)29(30-28)22-11-13-23(14-12-22)32-19-21-7-4-3-5-8-21/h3-9,11-17,25-26,29-30H,1,10,18-19H2,2H3. The molecule has 0 aromatic heterocycles. The summed E-state index contributed by atoms with van der Waals surface area (Å²) in [6, 6.07) is 25.5. The minimum Gasteiger partial charge on any atom is -0.489 e. The fraction of sp³-hybridized carbons (Fsp3) is 0.241. The number of anilines is 1. The largest absolute Gasteiger partial charge is 0.489 e. The second-order valence-electron chi connectivity index (χ2n) is 8.81. The van der Waals surface area contributed by atoms with Crippen LogP contribution in [0.4, 0.5) is 5.69 Å². The molecule has 0 bridgehead atoms. The van der Waals surface area contributed by atoms with Crippen LogP contribution in [0.5, 0.6) is 11.5 Å². The maximum atomic E-state index is 5.98. The van der Waals surface area contributed by atoms with Crippen molar-refractivity contribution >= 4 is 5.69 Å². The Hall–Kier alpha value is -3.46. The van der Waals surface area contributed by atoms with E-state index in [9.17, 15) is 0 Å². The molecular weight excluding hydrogens is 394 g/mol. The van der Waals surface area contributed by atoms with Gasteiger partial charge >= 0.3 is 0 Å². The first-order valence-corrected chi connectivity index (χ1v) is 11.3. The van der Waals surface area contributed by atoms with Gasteiger partial charge in [-0.2, -0.15) is 0 Å². The fourth-order valence-electron chi connectivity index (χ4n) is 4.71. The first-order valence-electron chi connectivity index (χ1n) is 11.3. The summed E-state index contributed by atoms with van der Waals surface area (Å²) in [7, 11) is 0. The van der Waals surface area contributed by atoms with E-state index in [-0.39, 0.29) is 6.04 Å². The Morgan fingerprint density at radius 2 is 1.75 bits per heavy atom. The van der Waals surface area contributed by atoms with Crippen molar-refractivity contribution in [3.05, 3.63) is 114 Å². The number of benzene rings is 3. The lowest BCUT2D eigenvalue weighted by Gasteiger charge is -2.37. The summed E-state index contributed by atoms with van der Waals surface area (Å²) in [5, 5.41) is 3.80. The summed E-state index contributed by atoms with van der Waals surface area (Å²) in [5.41, 5.74) is 6.00. The molecule has 3 aromatic carbocycles. The normalized spacial score (nSPS) is 20.7. The van der Waals surface area contributed by atoms with Crippen LogP contribution in [0.3, 0.4) is 0 Å². The second-order valence-corrected chi connectivity index (χ2v) is 8.81. The molecule has 1 heterocycles. The predicted molar refractivity (Wildman–Crippen MR) is 130 cm³/mol. The van der Waals surface area contributed by atoms with E-state index >= 15 is 0 Å². The molecule has 0 fully saturated rings. The molecule has 3 unspecified atom stereocenters. The molecule has 162 valence electrons. The summed E-state index contributed by atoms with van der Waals surface area (Å²) in [4.78, 5) is 0. The summed E-state index contributed by atoms with van der Waals surface area (Å²) >= 11 is 0. The monoisotopic (exact) mass is 423 g/mol. The lowest BCUT2D eigenvalue weighted by molar-refractivity contribution is 0.306. The summed E-state index contributed by atoms with van der Waals surface area (Å²) < 4.78 is 11.9. The van der Waals surface area contributed by atoms with Crippen molar-refractivity contribution in [2.24, 2.45) is 5.92 Å². The molecule has 0 saturated carbocycles. The van der Waals surface area contributed by atoms with Crippen LogP contribution in [0.1, 0.15) is 42.0 Å². The van der Waals surface area contributed by atoms with Gasteiger partial charge in [0.15, 0.2) is 0 Å². The van der Waals surface area contributed by atoms with Gasteiger partial charge in [-0.15, -0.1) is 0 Å². The zero-order valence-corrected chi connectivity index (χ0v) is 18.5. The van der Waals surface area contributed by atoms with Crippen LogP contribution in [0.25, 0.3) is 0 Å². The molecule has 5 rings (SSSR count). The van der Waals surface area contributed by atoms with Crippen LogP contribution in [-0.2, 0) is 6.61 Å². The quantitative estimate of drug-likeness (QED) is 0.413. The highest BCUT2D eigenvalue weighted by atomic mass is 16.5. The molecule has 3 nitrogen and oxygen atoms in total. The van der Waals surface area contributed by atoms with E-state index in [4.69, 9.17) is 9.47 Å². The van der Waals surface area contributed by atoms with Gasteiger partial charge in [0, 0.05) is 11.6 Å². The highest BCUT2D eigenvalue weighted by molar-refractivity contribution is 5.61. The third kappa shape index (κ3) is 4.29. The topological polar surface area (TPSA) is 30.5 Å². The average Bonchev–Trinajstić information content (AvgIpc) is 3.32. The maximum Gasteiger partial charge on any atom is 0.120 e. The van der Waals surface area contributed by atoms with Gasteiger partial charge < -0.3 is 14.8 Å². The van der Waals surface area contributed by atoms with Gasteiger partial charge in [0.25, 0.3) is 0 Å². The molecule has 32 heavy (non-hydrogen) atoms. The van der Waals surface area contributed by atoms with Crippen LogP contribution >= 0.6 is 0 Å². The lowest BCUT2D eigenvalue weighted by Crippen LogP contribution is -2.29. The molecular formula is C29H29NO2. The molecule has 1 aliphatic heterocycles. The van der Waals surface area contributed by atoms with E-state index in [2.05, 4.69) is 72.6 Å². The van der Waals surface area contributed by atoms with Crippen molar-refractivity contribution in [3.63, 3.8) is 0 Å². The second kappa shape index (κ2) is 8.96. The van der Waals surface area contributed by atoms with Crippen molar-refractivity contribution in [1.82, 2.24) is 0 Å². The molecule has 0 amide bonds. The Balaban J connectivity index is 1.32. The van der Waals surface area contributed by atoms with Gasteiger partial charge in [0.2, 0.25) is 0 Å². The van der Waals surface area contributed by atoms with Crippen LogP contribution in [0, 0.1) is 5.92 Å². The van der Waals surface area contributed by atoms with Gasteiger partial charge in [-0.25, -0.2) is 0 Å². The zero-order chi connectivity index (χ0) is 21.9. The molecule has 2 aliphatic rings. The third-order valence-corrected chi connectivity index (χ3v) is 6.31. The van der Waals surface area contributed by atoms with Gasteiger partial charge in [-0.05, 0) is 71.9 Å². The molecule has 3 aromatic rings. The van der Waals surface area contributed by atoms with Crippen LogP contribution in [-0.4, -0.2) is 6.61 Å². The molecule has 1 aliphatic carbocycles. The molecule has 0 spiro atoms. The number of fused-ring (bicyclic) bond motifs is 3. The number of rotatable bonds is 7. The third-order valence-electron chi connectivity index (χ3n) is 6.31. The van der Waals surface area contributed by atoms with E-state index in [1.54, 1.807) is 0 Å². The van der Waals surface area contributed by atoms with Crippen LogP contribution in [0.2, 0.25) is 0 Å². The molecule has 0 saturated heterocycles. The van der Waals surface area contributed by atoms with Crippen molar-refractivity contribution < 1.29 is 9.47 Å². The van der Waals surface area contributed by atoms with E-state index in [1.165, 1.54) is 22.4 Å². The van der Waals surface area contributed by atoms with Gasteiger partial charge in [0.1, 0.15) is 24.7 Å². The van der Waals surface area contributed by atoms with E-state index < -0.39 is 0 Å². The summed E-state index contributed by atoms with van der Waals surface area (Å²) in [6.45, 7) is 7.05. The van der Waals surface area contributed by atoms with E-state index in [0.29, 0.717) is 25.0 Å². The van der Waals surface area contributed by atoms with Crippen molar-refractivity contribution in [3.8, 4) is 11.5 Å². The number of hydrogen-bond acceptors (Lipinski definition) is 3. The predicted octanol–water partition coefficient (Wildman–Crippen LogP) is 7.05. The molecule has 1 N–H and O–H groups in total. The Morgan fingerprint density at radius 3 is 2.53 bits per heavy atom. The molecule has 3 heteroatoms. The Labute approximate surface area is 190 Å². The smallest absolute Gasteiger partial charge is 0.120 e. The molecule has 3 atom stereocenters. The van der Waals surface area contributed by atoms with E-state index in [0.717, 1.165) is 23.5 Å². The SMILES string of the molecule is C=C(C)COc1ccc2c(c1)C1C=CCC1C(c1ccc(OCc3ccccc3)cc1)N2. The van der Waals surface area contributed by atoms with Crippen LogP contribution in [0.15, 0.2) is 97.1 Å². The van der Waals surface area contributed by atoms with Gasteiger partial charge in [-0.1, -0.05) is 61.2 Å². The number of nitrogens with one attached hydrogen (secondary N) is 1. The lowest BCUT2D eigenvalue weighted by atomic mass is 9.77. The highest BCUT2D eigenvalue weighted by Crippen LogP contribution is 2.50. The van der Waals surface area contributed by atoms with Crippen LogP contribution < -0.4 is 14.8 Å². The minimum absolute atomic E-state index is 0.271. The highest BCUT2D eigenvalue weighted by Gasteiger charge is 2.38. The first-order chi connectivity index (χ1) is 15.7. The molecule has 0 radical (unpaired) electrons. The first kappa shape index (κ1) is 20.4. The average molecular weight is 424 g/mol. The Bertz CT molecular complexity index is 1120. The van der Waals surface area contributed by atoms with Gasteiger partial charge in [0.05, 0.1) is 6.04 Å². The van der Waals surface area contributed by atoms with Crippen molar-refractivity contribution in [1.29, 1.82) is 0 Å². The van der Waals surface area contributed by atoms with Crippen molar-refractivity contribution in [2.75, 3.05) is 11.9 Å². The zero-order valence-electron chi connectivity index (χ0n) is 18.5. The van der Waals surface area contributed by atoms with E-state index in [1.807, 2.05) is 31.2 Å². The Morgan fingerprint density at radius 1 is 0.969 bits per heavy atom. The minimum atomic E-state index is 0.271. The number of hydrogen-bond donors (Lipinski definition) is 1. The Kier molecular flexibility index (Phi) is 5.72. The maximum absolute atomic E-state index is 5.98. The number of allylic oxidation sites excluding steroid dienone is 2. The fourth-order valence-corrected chi connectivity index (χ4v) is 4.71. The summed E-state index contributed by atoms with van der Waals surface area (Å²) in [6.07, 6.45) is 5.75. The number of ether oxygens (including phenoxy) is 2. The van der Waals surface area contributed by atoms with Gasteiger partial charge in [-0.3, -0.25) is 0 Å².